The Hall–Kier alpha value is -3.09. The Morgan fingerprint density at radius 2 is 2.24 bits per heavy atom. The summed E-state index contributed by atoms with van der Waals surface area (Å²) < 4.78 is 5.15. The van der Waals surface area contributed by atoms with Crippen molar-refractivity contribution in [3.63, 3.8) is 0 Å². The first-order valence-electron chi connectivity index (χ1n) is 6.22. The van der Waals surface area contributed by atoms with Crippen LogP contribution in [-0.4, -0.2) is 28.0 Å². The number of benzene rings is 1. The number of carbonyl (C=O) groups excluding carboxylic acids is 1. The molecule has 7 nitrogen and oxygen atoms in total. The first kappa shape index (κ1) is 12.9. The molecule has 106 valence electrons. The molecule has 21 heavy (non-hydrogen) atoms. The standard InChI is InChI=1S/C14H13N5O2/c1-21-10-2-3-11-8(4-10)6-17-14(19-11)18-9-5-12(13(15)20)16-7-9/h2-7,16H,1H3,(H2,15,20)(H,17,18,19). The van der Waals surface area contributed by atoms with Gasteiger partial charge in [-0.15, -0.1) is 0 Å². The summed E-state index contributed by atoms with van der Waals surface area (Å²) in [5.74, 6) is 0.667. The summed E-state index contributed by atoms with van der Waals surface area (Å²) in [6.07, 6.45) is 3.33. The first-order chi connectivity index (χ1) is 10.2. The van der Waals surface area contributed by atoms with E-state index in [1.54, 1.807) is 25.6 Å². The number of hydrogen-bond acceptors (Lipinski definition) is 5. The van der Waals surface area contributed by atoms with Gasteiger partial charge in [0.25, 0.3) is 5.91 Å². The Kier molecular flexibility index (Phi) is 3.15. The second-order valence-electron chi connectivity index (χ2n) is 4.41. The van der Waals surface area contributed by atoms with E-state index in [1.165, 1.54) is 0 Å². The van der Waals surface area contributed by atoms with Gasteiger partial charge in [-0.2, -0.15) is 0 Å². The van der Waals surface area contributed by atoms with Crippen molar-refractivity contribution in [3.8, 4) is 5.75 Å². The predicted molar refractivity (Wildman–Crippen MR) is 78.7 cm³/mol. The number of anilines is 2. The van der Waals surface area contributed by atoms with Gasteiger partial charge >= 0.3 is 0 Å². The maximum atomic E-state index is 11.0. The van der Waals surface area contributed by atoms with Crippen molar-refractivity contribution in [2.45, 2.75) is 0 Å². The summed E-state index contributed by atoms with van der Waals surface area (Å²) in [5, 5.41) is 3.89. The number of rotatable bonds is 4. The van der Waals surface area contributed by atoms with Crippen molar-refractivity contribution in [3.05, 3.63) is 42.4 Å². The minimum Gasteiger partial charge on any atom is -0.497 e. The van der Waals surface area contributed by atoms with E-state index in [4.69, 9.17) is 10.5 Å². The van der Waals surface area contributed by atoms with Crippen molar-refractivity contribution in [2.24, 2.45) is 5.73 Å². The number of hydrogen-bond donors (Lipinski definition) is 3. The number of nitrogens with two attached hydrogens (primary N) is 1. The zero-order chi connectivity index (χ0) is 14.8. The summed E-state index contributed by atoms with van der Waals surface area (Å²) in [6.45, 7) is 0. The quantitative estimate of drug-likeness (QED) is 0.677. The van der Waals surface area contributed by atoms with E-state index in [0.717, 1.165) is 16.7 Å². The van der Waals surface area contributed by atoms with Gasteiger partial charge in [0.1, 0.15) is 11.4 Å². The van der Waals surface area contributed by atoms with Gasteiger partial charge in [0.05, 0.1) is 18.3 Å². The number of amides is 1. The fourth-order valence-corrected chi connectivity index (χ4v) is 1.94. The number of aromatic amines is 1. The van der Waals surface area contributed by atoms with Gasteiger partial charge in [0, 0.05) is 17.8 Å². The van der Waals surface area contributed by atoms with Crippen LogP contribution in [0.3, 0.4) is 0 Å². The van der Waals surface area contributed by atoms with Gasteiger partial charge in [-0.25, -0.2) is 9.97 Å². The Morgan fingerprint density at radius 1 is 1.38 bits per heavy atom. The summed E-state index contributed by atoms with van der Waals surface area (Å²) in [7, 11) is 1.61. The molecule has 2 aromatic heterocycles. The normalized spacial score (nSPS) is 10.5. The number of methoxy groups -OCH3 is 1. The molecule has 0 atom stereocenters. The lowest BCUT2D eigenvalue weighted by atomic mass is 10.2. The van der Waals surface area contributed by atoms with Crippen molar-refractivity contribution >= 4 is 28.4 Å². The molecule has 0 spiro atoms. The molecule has 3 rings (SSSR count). The molecule has 0 fully saturated rings. The highest BCUT2D eigenvalue weighted by molar-refractivity contribution is 5.92. The second kappa shape index (κ2) is 5.12. The van der Waals surface area contributed by atoms with Crippen molar-refractivity contribution in [1.82, 2.24) is 15.0 Å². The van der Waals surface area contributed by atoms with E-state index in [0.29, 0.717) is 17.3 Å². The van der Waals surface area contributed by atoms with Crippen LogP contribution in [0.5, 0.6) is 5.75 Å². The summed E-state index contributed by atoms with van der Waals surface area (Å²) in [5.41, 5.74) is 6.96. The average molecular weight is 283 g/mol. The number of aromatic nitrogens is 3. The summed E-state index contributed by atoms with van der Waals surface area (Å²) in [6, 6.07) is 7.15. The molecule has 2 heterocycles. The fourth-order valence-electron chi connectivity index (χ4n) is 1.94. The van der Waals surface area contributed by atoms with Crippen LogP contribution in [0.15, 0.2) is 36.7 Å². The van der Waals surface area contributed by atoms with E-state index < -0.39 is 5.91 Å². The molecule has 7 heteroatoms. The van der Waals surface area contributed by atoms with Crippen molar-refractivity contribution in [1.29, 1.82) is 0 Å². The number of H-pyrrole nitrogens is 1. The average Bonchev–Trinajstić information content (AvgIpc) is 2.95. The SMILES string of the molecule is COc1ccc2nc(Nc3c[nH]c(C(N)=O)c3)ncc2c1. The molecule has 0 aliphatic rings. The van der Waals surface area contributed by atoms with E-state index in [9.17, 15) is 4.79 Å². The smallest absolute Gasteiger partial charge is 0.265 e. The van der Waals surface area contributed by atoms with Gasteiger partial charge < -0.3 is 20.8 Å². The number of carbonyl (C=O) groups is 1. The van der Waals surface area contributed by atoms with Crippen LogP contribution in [0.1, 0.15) is 10.5 Å². The van der Waals surface area contributed by atoms with Crippen LogP contribution in [0.2, 0.25) is 0 Å². The van der Waals surface area contributed by atoms with Gasteiger partial charge in [0.15, 0.2) is 0 Å². The minimum atomic E-state index is -0.519. The third kappa shape index (κ3) is 2.62. The fraction of sp³-hybridized carbons (Fsp3) is 0.0714. The third-order valence-electron chi connectivity index (χ3n) is 2.99. The molecule has 1 aromatic carbocycles. The van der Waals surface area contributed by atoms with E-state index >= 15 is 0 Å². The Bertz CT molecular complexity index is 812. The molecule has 0 bridgehead atoms. The Balaban J connectivity index is 1.88. The molecule has 0 radical (unpaired) electrons. The molecule has 0 aliphatic carbocycles. The Morgan fingerprint density at radius 3 is 2.95 bits per heavy atom. The molecule has 4 N–H and O–H groups in total. The molecule has 0 unspecified atom stereocenters. The number of fused-ring (bicyclic) bond motifs is 1. The number of nitrogens with zero attached hydrogens (tertiary/aromatic N) is 2. The maximum Gasteiger partial charge on any atom is 0.265 e. The highest BCUT2D eigenvalue weighted by Gasteiger charge is 2.06. The van der Waals surface area contributed by atoms with E-state index in [-0.39, 0.29) is 0 Å². The van der Waals surface area contributed by atoms with E-state index in [2.05, 4.69) is 20.3 Å². The number of nitrogens with one attached hydrogen (secondary N) is 2. The summed E-state index contributed by atoms with van der Waals surface area (Å²) >= 11 is 0. The maximum absolute atomic E-state index is 11.0. The highest BCUT2D eigenvalue weighted by atomic mass is 16.5. The lowest BCUT2D eigenvalue weighted by molar-refractivity contribution is 0.0996. The second-order valence-corrected chi connectivity index (χ2v) is 4.41. The molecule has 3 aromatic rings. The van der Waals surface area contributed by atoms with Gasteiger partial charge in [-0.05, 0) is 24.3 Å². The first-order valence-corrected chi connectivity index (χ1v) is 6.22. The van der Waals surface area contributed by atoms with Crippen molar-refractivity contribution in [2.75, 3.05) is 12.4 Å². The van der Waals surface area contributed by atoms with Crippen LogP contribution in [0, 0.1) is 0 Å². The third-order valence-corrected chi connectivity index (χ3v) is 2.99. The molecular formula is C14H13N5O2. The molecule has 1 amide bonds. The zero-order valence-corrected chi connectivity index (χ0v) is 11.3. The van der Waals surface area contributed by atoms with Crippen LogP contribution in [-0.2, 0) is 0 Å². The predicted octanol–water partition coefficient (Wildman–Crippen LogP) is 1.81. The summed E-state index contributed by atoms with van der Waals surface area (Å²) in [4.78, 5) is 22.4. The molecule has 0 saturated heterocycles. The van der Waals surface area contributed by atoms with Crippen LogP contribution < -0.4 is 15.8 Å². The van der Waals surface area contributed by atoms with Crippen LogP contribution in [0.4, 0.5) is 11.6 Å². The molecule has 0 aliphatic heterocycles. The van der Waals surface area contributed by atoms with Gasteiger partial charge in [-0.1, -0.05) is 0 Å². The lowest BCUT2D eigenvalue weighted by Gasteiger charge is -2.05. The topological polar surface area (TPSA) is 106 Å². The monoisotopic (exact) mass is 283 g/mol. The van der Waals surface area contributed by atoms with Gasteiger partial charge in [-0.3, -0.25) is 4.79 Å². The Labute approximate surface area is 120 Å². The molecule has 0 saturated carbocycles. The number of ether oxygens (including phenoxy) is 1. The largest absolute Gasteiger partial charge is 0.497 e. The highest BCUT2D eigenvalue weighted by Crippen LogP contribution is 2.21. The zero-order valence-electron chi connectivity index (χ0n) is 11.3. The lowest BCUT2D eigenvalue weighted by Crippen LogP contribution is -2.10. The van der Waals surface area contributed by atoms with E-state index in [1.807, 2.05) is 18.2 Å². The van der Waals surface area contributed by atoms with Crippen molar-refractivity contribution < 1.29 is 9.53 Å². The number of primary amides is 1. The molecular weight excluding hydrogens is 270 g/mol. The van der Waals surface area contributed by atoms with Crippen LogP contribution in [0.25, 0.3) is 10.9 Å². The van der Waals surface area contributed by atoms with Crippen LogP contribution >= 0.6 is 0 Å². The minimum absolute atomic E-state index is 0.322. The van der Waals surface area contributed by atoms with Gasteiger partial charge in [0.2, 0.25) is 5.95 Å².